The molecule has 0 aromatic heterocycles. The van der Waals surface area contributed by atoms with Gasteiger partial charge in [0.25, 0.3) is 0 Å². The summed E-state index contributed by atoms with van der Waals surface area (Å²) < 4.78 is 0. The molecule has 2 aromatic rings. The van der Waals surface area contributed by atoms with Crippen LogP contribution in [0.4, 0.5) is 0 Å². The van der Waals surface area contributed by atoms with Crippen LogP contribution < -0.4 is 0 Å². The van der Waals surface area contributed by atoms with Crippen LogP contribution in [0.2, 0.25) is 0 Å². The van der Waals surface area contributed by atoms with Crippen molar-refractivity contribution in [3.8, 4) is 0 Å². The number of benzene rings is 2. The number of hydrogen-bond donors (Lipinski definition) is 0. The molecule has 2 aromatic carbocycles. The molecule has 1 heteroatoms. The van der Waals surface area contributed by atoms with E-state index in [9.17, 15) is 4.79 Å². The third-order valence-electron chi connectivity index (χ3n) is 4.72. The lowest BCUT2D eigenvalue weighted by Gasteiger charge is -2.35. The monoisotopic (exact) mass is 328 g/mol. The van der Waals surface area contributed by atoms with Gasteiger partial charge in [-0.2, -0.15) is 0 Å². The molecule has 25 heavy (non-hydrogen) atoms. The predicted octanol–water partition coefficient (Wildman–Crippen LogP) is 5.78. The first-order valence-electron chi connectivity index (χ1n) is 8.98. The summed E-state index contributed by atoms with van der Waals surface area (Å²) in [6.45, 7) is 2.07. The summed E-state index contributed by atoms with van der Waals surface area (Å²) in [5.41, 5.74) is 2.35. The van der Waals surface area contributed by atoms with Gasteiger partial charge >= 0.3 is 0 Å². The molecule has 0 N–H and O–H groups in total. The van der Waals surface area contributed by atoms with Crippen molar-refractivity contribution >= 4 is 5.78 Å². The first kappa shape index (κ1) is 17.2. The van der Waals surface area contributed by atoms with E-state index in [0.717, 1.165) is 29.5 Å². The van der Waals surface area contributed by atoms with E-state index >= 15 is 0 Å². The number of hydrogen-bond acceptors (Lipinski definition) is 1. The summed E-state index contributed by atoms with van der Waals surface area (Å²) >= 11 is 0. The standard InChI is InChI=1S/C24H24O/c1-2-13-23(25)24(21-16-9-5-10-17-21,22-18-11-6-12-19-22)20-14-7-3-4-8-15-20/h3,5-12,14-19H,2,4,13H2,1H3. The lowest BCUT2D eigenvalue weighted by molar-refractivity contribution is -0.122. The van der Waals surface area contributed by atoms with Gasteiger partial charge in [0.1, 0.15) is 5.41 Å². The Morgan fingerprint density at radius 1 is 0.920 bits per heavy atom. The topological polar surface area (TPSA) is 17.1 Å². The summed E-state index contributed by atoms with van der Waals surface area (Å²) in [5, 5.41) is 0. The van der Waals surface area contributed by atoms with E-state index in [1.165, 1.54) is 0 Å². The van der Waals surface area contributed by atoms with Gasteiger partial charge in [0.15, 0.2) is 5.78 Å². The summed E-state index contributed by atoms with van der Waals surface area (Å²) in [4.78, 5) is 13.6. The summed E-state index contributed by atoms with van der Waals surface area (Å²) in [5.74, 6) is 0.249. The van der Waals surface area contributed by atoms with Crippen molar-refractivity contribution in [3.05, 3.63) is 108 Å². The molecule has 126 valence electrons. The van der Waals surface area contributed by atoms with Gasteiger partial charge in [-0.3, -0.25) is 4.79 Å². The summed E-state index contributed by atoms with van der Waals surface area (Å²) in [6.07, 6.45) is 12.8. The van der Waals surface area contributed by atoms with E-state index in [2.05, 4.69) is 61.6 Å². The fourth-order valence-electron chi connectivity index (χ4n) is 3.60. The van der Waals surface area contributed by atoms with E-state index in [-0.39, 0.29) is 5.78 Å². The second-order valence-electron chi connectivity index (χ2n) is 6.34. The third kappa shape index (κ3) is 3.28. The van der Waals surface area contributed by atoms with Crippen molar-refractivity contribution in [2.24, 2.45) is 0 Å². The van der Waals surface area contributed by atoms with Gasteiger partial charge in [-0.15, -0.1) is 0 Å². The Kier molecular flexibility index (Phi) is 5.45. The van der Waals surface area contributed by atoms with Gasteiger partial charge in [0.05, 0.1) is 0 Å². The maximum Gasteiger partial charge on any atom is 0.152 e. The Balaban J connectivity index is 2.33. The van der Waals surface area contributed by atoms with Gasteiger partial charge in [0.2, 0.25) is 0 Å². The van der Waals surface area contributed by atoms with Crippen LogP contribution in [0.15, 0.2) is 96.6 Å². The number of carbonyl (C=O) groups is 1. The van der Waals surface area contributed by atoms with Crippen molar-refractivity contribution in [2.75, 3.05) is 0 Å². The second-order valence-corrected chi connectivity index (χ2v) is 6.34. The van der Waals surface area contributed by atoms with Gasteiger partial charge < -0.3 is 0 Å². The molecule has 1 aliphatic carbocycles. The number of ketones is 1. The molecular formula is C24H24O. The molecule has 0 saturated carbocycles. The molecule has 1 nitrogen and oxygen atoms in total. The highest BCUT2D eigenvalue weighted by atomic mass is 16.1. The van der Waals surface area contributed by atoms with Crippen LogP contribution in [0.1, 0.15) is 37.3 Å². The Hall–Kier alpha value is -2.67. The Bertz CT molecular complexity index is 755. The van der Waals surface area contributed by atoms with Crippen LogP contribution in [0, 0.1) is 0 Å². The average Bonchev–Trinajstić information content (AvgIpc) is 2.94. The molecule has 0 heterocycles. The van der Waals surface area contributed by atoms with Crippen LogP contribution in [0.25, 0.3) is 0 Å². The molecule has 0 unspecified atom stereocenters. The van der Waals surface area contributed by atoms with Crippen molar-refractivity contribution < 1.29 is 4.79 Å². The number of allylic oxidation sites excluding steroid dienone is 6. The highest BCUT2D eigenvalue weighted by Gasteiger charge is 2.43. The third-order valence-corrected chi connectivity index (χ3v) is 4.72. The largest absolute Gasteiger partial charge is 0.298 e. The highest BCUT2D eigenvalue weighted by molar-refractivity contribution is 5.98. The lowest BCUT2D eigenvalue weighted by Crippen LogP contribution is -2.38. The van der Waals surface area contributed by atoms with Crippen molar-refractivity contribution in [1.29, 1.82) is 0 Å². The SMILES string of the molecule is CCCC(=O)C(C1=CC=CCC=C1)(c1ccccc1)c1ccccc1. The molecule has 0 fully saturated rings. The fraction of sp³-hybridized carbons (Fsp3) is 0.208. The van der Waals surface area contributed by atoms with Crippen LogP contribution >= 0.6 is 0 Å². The molecule has 3 rings (SSSR count). The molecule has 1 aliphatic rings. The molecule has 0 bridgehead atoms. The molecule has 0 amide bonds. The molecule has 0 aliphatic heterocycles. The predicted molar refractivity (Wildman–Crippen MR) is 105 cm³/mol. The fourth-order valence-corrected chi connectivity index (χ4v) is 3.60. The van der Waals surface area contributed by atoms with Crippen LogP contribution in [0.3, 0.4) is 0 Å². The minimum Gasteiger partial charge on any atom is -0.298 e. The molecular weight excluding hydrogens is 304 g/mol. The normalized spacial score (nSPS) is 14.0. The van der Waals surface area contributed by atoms with Crippen LogP contribution in [-0.4, -0.2) is 5.78 Å². The zero-order valence-corrected chi connectivity index (χ0v) is 14.7. The Morgan fingerprint density at radius 3 is 2.08 bits per heavy atom. The second kappa shape index (κ2) is 7.94. The number of rotatable bonds is 6. The van der Waals surface area contributed by atoms with Crippen LogP contribution in [0.5, 0.6) is 0 Å². The highest BCUT2D eigenvalue weighted by Crippen LogP contribution is 2.42. The summed E-state index contributed by atoms with van der Waals surface area (Å²) in [6, 6.07) is 20.4. The first-order valence-corrected chi connectivity index (χ1v) is 8.98. The van der Waals surface area contributed by atoms with E-state index in [0.29, 0.717) is 6.42 Å². The Morgan fingerprint density at radius 2 is 1.52 bits per heavy atom. The van der Waals surface area contributed by atoms with Gasteiger partial charge in [-0.05, 0) is 29.5 Å². The minimum absolute atomic E-state index is 0.249. The first-order chi connectivity index (χ1) is 12.3. The van der Waals surface area contributed by atoms with Gasteiger partial charge in [0, 0.05) is 6.42 Å². The molecule has 0 radical (unpaired) electrons. The van der Waals surface area contributed by atoms with Crippen molar-refractivity contribution in [2.45, 2.75) is 31.6 Å². The lowest BCUT2D eigenvalue weighted by atomic mass is 9.65. The number of carbonyl (C=O) groups excluding carboxylic acids is 1. The van der Waals surface area contributed by atoms with Crippen LogP contribution in [-0.2, 0) is 10.2 Å². The molecule has 0 atom stereocenters. The maximum atomic E-state index is 13.6. The van der Waals surface area contributed by atoms with Crippen molar-refractivity contribution in [3.63, 3.8) is 0 Å². The minimum atomic E-state index is -0.760. The smallest absolute Gasteiger partial charge is 0.152 e. The van der Waals surface area contributed by atoms with Gasteiger partial charge in [-0.1, -0.05) is 98.0 Å². The zero-order chi connectivity index (χ0) is 17.5. The van der Waals surface area contributed by atoms with E-state index in [1.807, 2.05) is 36.4 Å². The summed E-state index contributed by atoms with van der Waals surface area (Å²) in [7, 11) is 0. The Labute approximate surface area is 150 Å². The average molecular weight is 328 g/mol. The molecule has 0 saturated heterocycles. The molecule has 0 spiro atoms. The van der Waals surface area contributed by atoms with Crippen molar-refractivity contribution in [1.82, 2.24) is 0 Å². The zero-order valence-electron chi connectivity index (χ0n) is 14.7. The van der Waals surface area contributed by atoms with E-state index in [4.69, 9.17) is 0 Å². The quantitative estimate of drug-likeness (QED) is 0.656. The van der Waals surface area contributed by atoms with E-state index in [1.54, 1.807) is 0 Å². The number of Topliss-reactive ketones (excluding diaryl/α,β-unsaturated/α-hetero) is 1. The van der Waals surface area contributed by atoms with E-state index < -0.39 is 5.41 Å². The maximum absolute atomic E-state index is 13.6. The van der Waals surface area contributed by atoms with Gasteiger partial charge in [-0.25, -0.2) is 0 Å².